The summed E-state index contributed by atoms with van der Waals surface area (Å²) in [5.41, 5.74) is 0.965. The molecular formula is C12H15NO3. The molecule has 0 amide bonds. The van der Waals surface area contributed by atoms with E-state index >= 15 is 0 Å². The topological polar surface area (TPSA) is 50.7 Å². The number of nitrogens with one attached hydrogen (secondary N) is 1. The molecule has 1 aromatic carbocycles. The lowest BCUT2D eigenvalue weighted by Gasteiger charge is -2.22. The van der Waals surface area contributed by atoms with Crippen LogP contribution in [0.2, 0.25) is 0 Å². The largest absolute Gasteiger partial charge is 0.508 e. The predicted molar refractivity (Wildman–Crippen MR) is 58.1 cm³/mol. The van der Waals surface area contributed by atoms with Crippen LogP contribution < -0.4 is 5.32 Å². The number of phenols is 1. The van der Waals surface area contributed by atoms with E-state index in [1.807, 2.05) is 12.1 Å². The summed E-state index contributed by atoms with van der Waals surface area (Å²) in [6, 6.07) is 6.99. The molecule has 2 aliphatic rings. The van der Waals surface area contributed by atoms with Gasteiger partial charge in [0.05, 0.1) is 12.2 Å². The minimum Gasteiger partial charge on any atom is -0.508 e. The average molecular weight is 221 g/mol. The summed E-state index contributed by atoms with van der Waals surface area (Å²) in [6.07, 6.45) is 1.09. The summed E-state index contributed by atoms with van der Waals surface area (Å²) in [5.74, 6) is 0.265. The zero-order valence-corrected chi connectivity index (χ0v) is 8.93. The lowest BCUT2D eigenvalue weighted by Crippen LogP contribution is -2.41. The molecule has 0 saturated carbocycles. The van der Waals surface area contributed by atoms with E-state index in [4.69, 9.17) is 9.47 Å². The number of rotatable bonds is 1. The lowest BCUT2D eigenvalue weighted by molar-refractivity contribution is -0.0668. The maximum absolute atomic E-state index is 9.21. The van der Waals surface area contributed by atoms with E-state index in [0.29, 0.717) is 0 Å². The highest BCUT2D eigenvalue weighted by Gasteiger charge is 2.38. The van der Waals surface area contributed by atoms with Gasteiger partial charge in [0.25, 0.3) is 0 Å². The number of aromatic hydroxyl groups is 1. The van der Waals surface area contributed by atoms with Crippen LogP contribution in [-0.4, -0.2) is 30.4 Å². The first-order chi connectivity index (χ1) is 7.83. The van der Waals surface area contributed by atoms with Crippen molar-refractivity contribution < 1.29 is 14.6 Å². The molecule has 2 fully saturated rings. The van der Waals surface area contributed by atoms with Crippen molar-refractivity contribution in [1.29, 1.82) is 0 Å². The van der Waals surface area contributed by atoms with Crippen molar-refractivity contribution in [3.05, 3.63) is 29.8 Å². The van der Waals surface area contributed by atoms with Gasteiger partial charge >= 0.3 is 0 Å². The van der Waals surface area contributed by atoms with E-state index in [1.54, 1.807) is 12.1 Å². The highest BCUT2D eigenvalue weighted by atomic mass is 16.7. The molecule has 2 heterocycles. The Morgan fingerprint density at radius 3 is 2.62 bits per heavy atom. The number of fused-ring (bicyclic) bond motifs is 1. The Labute approximate surface area is 94.2 Å². The van der Waals surface area contributed by atoms with E-state index in [0.717, 1.165) is 25.1 Å². The average Bonchev–Trinajstić information content (AvgIpc) is 2.73. The highest BCUT2D eigenvalue weighted by Crippen LogP contribution is 2.33. The second-order valence-electron chi connectivity index (χ2n) is 4.27. The highest BCUT2D eigenvalue weighted by molar-refractivity contribution is 5.27. The first kappa shape index (κ1) is 10.1. The van der Waals surface area contributed by atoms with Gasteiger partial charge in [0.2, 0.25) is 0 Å². The monoisotopic (exact) mass is 221 g/mol. The van der Waals surface area contributed by atoms with Crippen molar-refractivity contribution in [2.24, 2.45) is 0 Å². The van der Waals surface area contributed by atoms with Crippen molar-refractivity contribution in [2.75, 3.05) is 13.1 Å². The Morgan fingerprint density at radius 2 is 1.88 bits per heavy atom. The number of ether oxygens (including phenoxy) is 2. The first-order valence-corrected chi connectivity index (χ1v) is 5.63. The minimum atomic E-state index is -0.282. The van der Waals surface area contributed by atoms with Gasteiger partial charge in [-0.1, -0.05) is 12.1 Å². The molecule has 1 aromatic rings. The van der Waals surface area contributed by atoms with Crippen LogP contribution >= 0.6 is 0 Å². The summed E-state index contributed by atoms with van der Waals surface area (Å²) >= 11 is 0. The normalized spacial score (nSPS) is 33.6. The summed E-state index contributed by atoms with van der Waals surface area (Å²) in [5, 5.41) is 12.5. The van der Waals surface area contributed by atoms with E-state index in [-0.39, 0.29) is 24.2 Å². The Hall–Kier alpha value is -1.10. The van der Waals surface area contributed by atoms with Crippen molar-refractivity contribution in [3.8, 4) is 5.75 Å². The maximum Gasteiger partial charge on any atom is 0.184 e. The maximum atomic E-state index is 9.21. The van der Waals surface area contributed by atoms with Crippen LogP contribution in [0.1, 0.15) is 18.3 Å². The van der Waals surface area contributed by atoms with Crippen molar-refractivity contribution >= 4 is 0 Å². The summed E-state index contributed by atoms with van der Waals surface area (Å²) in [7, 11) is 0. The van der Waals surface area contributed by atoms with Crippen LogP contribution in [0.3, 0.4) is 0 Å². The molecule has 2 aliphatic heterocycles. The van der Waals surface area contributed by atoms with Gasteiger partial charge in [-0.25, -0.2) is 0 Å². The number of hydrogen-bond acceptors (Lipinski definition) is 4. The fraction of sp³-hybridized carbons (Fsp3) is 0.500. The lowest BCUT2D eigenvalue weighted by atomic mass is 10.1. The molecule has 0 aliphatic carbocycles. The van der Waals surface area contributed by atoms with E-state index in [2.05, 4.69) is 5.32 Å². The quantitative estimate of drug-likeness (QED) is 0.747. The molecule has 0 bridgehead atoms. The van der Waals surface area contributed by atoms with Gasteiger partial charge in [0, 0.05) is 12.1 Å². The Kier molecular flexibility index (Phi) is 2.55. The molecule has 3 atom stereocenters. The molecule has 4 heteroatoms. The molecule has 0 spiro atoms. The number of piperidine rings is 1. The van der Waals surface area contributed by atoms with Crippen LogP contribution in [0, 0.1) is 0 Å². The minimum absolute atomic E-state index is 0.160. The van der Waals surface area contributed by atoms with Crippen LogP contribution in [-0.2, 0) is 9.47 Å². The molecule has 4 nitrogen and oxygen atoms in total. The predicted octanol–water partition coefficient (Wildman–Crippen LogP) is 1.17. The molecule has 0 radical (unpaired) electrons. The van der Waals surface area contributed by atoms with Gasteiger partial charge in [0.15, 0.2) is 6.29 Å². The van der Waals surface area contributed by atoms with Crippen LogP contribution in [0.15, 0.2) is 24.3 Å². The van der Waals surface area contributed by atoms with Gasteiger partial charge in [0.1, 0.15) is 5.75 Å². The first-order valence-electron chi connectivity index (χ1n) is 5.63. The second-order valence-corrected chi connectivity index (χ2v) is 4.27. The standard InChI is InChI=1S/C12H15NO3/c14-9-3-1-8(2-4-9)12-15-10-5-6-13-7-11(10)16-12/h1-4,10-14H,5-7H2. The molecule has 86 valence electrons. The van der Waals surface area contributed by atoms with Gasteiger partial charge in [-0.15, -0.1) is 0 Å². The van der Waals surface area contributed by atoms with Gasteiger partial charge in [-0.2, -0.15) is 0 Å². The Bertz CT molecular complexity index is 351. The molecule has 3 unspecified atom stereocenters. The summed E-state index contributed by atoms with van der Waals surface area (Å²) in [4.78, 5) is 0. The van der Waals surface area contributed by atoms with Gasteiger partial charge < -0.3 is 19.9 Å². The molecule has 2 saturated heterocycles. The van der Waals surface area contributed by atoms with E-state index in [9.17, 15) is 5.11 Å². The van der Waals surface area contributed by atoms with Crippen molar-refractivity contribution in [1.82, 2.24) is 5.32 Å². The molecule has 16 heavy (non-hydrogen) atoms. The van der Waals surface area contributed by atoms with Crippen LogP contribution in [0.5, 0.6) is 5.75 Å². The molecule has 0 aromatic heterocycles. The molecule has 3 rings (SSSR count). The van der Waals surface area contributed by atoms with E-state index in [1.165, 1.54) is 0 Å². The Morgan fingerprint density at radius 1 is 1.12 bits per heavy atom. The summed E-state index contributed by atoms with van der Waals surface area (Å²) in [6.45, 7) is 1.85. The van der Waals surface area contributed by atoms with Crippen LogP contribution in [0.4, 0.5) is 0 Å². The SMILES string of the molecule is Oc1ccc(C2OC3CCNCC3O2)cc1. The van der Waals surface area contributed by atoms with Crippen LogP contribution in [0.25, 0.3) is 0 Å². The third kappa shape index (κ3) is 1.80. The smallest absolute Gasteiger partial charge is 0.184 e. The zero-order valence-electron chi connectivity index (χ0n) is 8.93. The molecular weight excluding hydrogens is 206 g/mol. The zero-order chi connectivity index (χ0) is 11.0. The van der Waals surface area contributed by atoms with Gasteiger partial charge in [-0.05, 0) is 25.1 Å². The number of phenolic OH excluding ortho intramolecular Hbond substituents is 1. The van der Waals surface area contributed by atoms with E-state index < -0.39 is 0 Å². The fourth-order valence-corrected chi connectivity index (χ4v) is 2.24. The fourth-order valence-electron chi connectivity index (χ4n) is 2.24. The van der Waals surface area contributed by atoms with Crippen molar-refractivity contribution in [3.63, 3.8) is 0 Å². The molecule has 2 N–H and O–H groups in total. The number of benzene rings is 1. The number of hydrogen-bond donors (Lipinski definition) is 2. The third-order valence-corrected chi connectivity index (χ3v) is 3.13. The van der Waals surface area contributed by atoms with Crippen molar-refractivity contribution in [2.45, 2.75) is 24.9 Å². The third-order valence-electron chi connectivity index (χ3n) is 3.13. The Balaban J connectivity index is 1.75. The summed E-state index contributed by atoms with van der Waals surface area (Å²) < 4.78 is 11.7. The van der Waals surface area contributed by atoms with Gasteiger partial charge in [-0.3, -0.25) is 0 Å². The second kappa shape index (κ2) is 4.05.